The Morgan fingerprint density at radius 1 is 1.12 bits per heavy atom. The molecule has 0 bridgehead atoms. The number of hydrogen-bond acceptors (Lipinski definition) is 6. The minimum Gasteiger partial charge on any atom is -0.370 e. The Morgan fingerprint density at radius 2 is 1.91 bits per heavy atom. The molecule has 0 spiro atoms. The minimum atomic E-state index is -0.463. The van der Waals surface area contributed by atoms with Crippen LogP contribution in [0.25, 0.3) is 21.5 Å². The van der Waals surface area contributed by atoms with Gasteiger partial charge in [0, 0.05) is 41.1 Å². The molecule has 1 aliphatic rings. The first kappa shape index (κ1) is 22.3. The van der Waals surface area contributed by atoms with Crippen molar-refractivity contribution >= 4 is 45.3 Å². The van der Waals surface area contributed by atoms with Crippen molar-refractivity contribution in [1.29, 1.82) is 0 Å². The van der Waals surface area contributed by atoms with Gasteiger partial charge in [0.05, 0.1) is 16.9 Å². The Hall–Kier alpha value is -3.49. The standard InChI is InChI=1S/C26H27N5O2S/c1-17(32)26(27-2)10-13-31(14-11-26)23-6-4-3-5-21(23)29-24(33)22-16-34-25(30-22)19-7-8-20-18(15-19)9-12-28-20/h3-9,12,15-16,27-28H,10-11,13-14H2,1-2H3,(H,29,33). The van der Waals surface area contributed by atoms with Gasteiger partial charge in [0.15, 0.2) is 0 Å². The average molecular weight is 474 g/mol. The predicted octanol–water partition coefficient (Wildman–Crippen LogP) is 4.69. The molecule has 7 nitrogen and oxygen atoms in total. The second-order valence-corrected chi connectivity index (χ2v) is 9.52. The number of thiazole rings is 1. The number of amides is 1. The fourth-order valence-electron chi connectivity index (χ4n) is 4.65. The van der Waals surface area contributed by atoms with Gasteiger partial charge in [-0.1, -0.05) is 12.1 Å². The van der Waals surface area contributed by atoms with Crippen LogP contribution in [0.4, 0.5) is 11.4 Å². The summed E-state index contributed by atoms with van der Waals surface area (Å²) in [5.41, 5.74) is 3.70. The summed E-state index contributed by atoms with van der Waals surface area (Å²) in [6, 6.07) is 15.9. The highest BCUT2D eigenvalue weighted by atomic mass is 32.1. The highest BCUT2D eigenvalue weighted by Crippen LogP contribution is 2.32. The molecule has 2 aromatic heterocycles. The van der Waals surface area contributed by atoms with Crippen molar-refractivity contribution in [3.05, 3.63) is 65.8 Å². The van der Waals surface area contributed by atoms with Gasteiger partial charge in [-0.15, -0.1) is 11.3 Å². The molecule has 3 heterocycles. The topological polar surface area (TPSA) is 90.1 Å². The van der Waals surface area contributed by atoms with Crippen molar-refractivity contribution in [2.45, 2.75) is 25.3 Å². The Labute approximate surface area is 202 Å². The normalized spacial score (nSPS) is 15.4. The van der Waals surface area contributed by atoms with Crippen LogP contribution in [0.15, 0.2) is 60.1 Å². The van der Waals surface area contributed by atoms with Crippen molar-refractivity contribution in [2.24, 2.45) is 0 Å². The molecule has 1 fully saturated rings. The van der Waals surface area contributed by atoms with Gasteiger partial charge in [0.1, 0.15) is 16.5 Å². The molecular weight excluding hydrogens is 446 g/mol. The molecule has 3 N–H and O–H groups in total. The summed E-state index contributed by atoms with van der Waals surface area (Å²) < 4.78 is 0. The molecule has 1 aliphatic heterocycles. The SMILES string of the molecule is CNC1(C(C)=O)CCN(c2ccccc2NC(=O)c2csc(-c3ccc4[nH]ccc4c3)n2)CC1. The van der Waals surface area contributed by atoms with E-state index in [2.05, 4.69) is 31.6 Å². The summed E-state index contributed by atoms with van der Waals surface area (Å²) in [6.07, 6.45) is 3.36. The first-order valence-corrected chi connectivity index (χ1v) is 12.3. The zero-order valence-electron chi connectivity index (χ0n) is 19.2. The van der Waals surface area contributed by atoms with Crippen molar-refractivity contribution in [3.63, 3.8) is 0 Å². The molecule has 4 aromatic rings. The van der Waals surface area contributed by atoms with Crippen LogP contribution in [0.3, 0.4) is 0 Å². The number of aromatic amines is 1. The van der Waals surface area contributed by atoms with Crippen LogP contribution < -0.4 is 15.5 Å². The molecule has 1 amide bonds. The largest absolute Gasteiger partial charge is 0.370 e. The van der Waals surface area contributed by atoms with Crippen LogP contribution in [0, 0.1) is 0 Å². The summed E-state index contributed by atoms with van der Waals surface area (Å²) in [4.78, 5) is 35.2. The number of Topliss-reactive ketones (excluding diaryl/α,β-unsaturated/α-hetero) is 1. The van der Waals surface area contributed by atoms with Crippen LogP contribution >= 0.6 is 11.3 Å². The second kappa shape index (κ2) is 9.04. The lowest BCUT2D eigenvalue weighted by Gasteiger charge is -2.41. The summed E-state index contributed by atoms with van der Waals surface area (Å²) >= 11 is 1.46. The molecule has 0 radical (unpaired) electrons. The molecular formula is C26H27N5O2S. The molecule has 0 saturated carbocycles. The number of H-pyrrole nitrogens is 1. The van der Waals surface area contributed by atoms with E-state index in [1.54, 1.807) is 12.3 Å². The van der Waals surface area contributed by atoms with Crippen LogP contribution in [0.2, 0.25) is 0 Å². The van der Waals surface area contributed by atoms with Gasteiger partial charge in [-0.05, 0) is 63.2 Å². The van der Waals surface area contributed by atoms with Gasteiger partial charge in [0.2, 0.25) is 0 Å². The van der Waals surface area contributed by atoms with Gasteiger partial charge in [-0.3, -0.25) is 9.59 Å². The summed E-state index contributed by atoms with van der Waals surface area (Å²) in [5.74, 6) is -0.0609. The zero-order chi connectivity index (χ0) is 23.7. The highest BCUT2D eigenvalue weighted by molar-refractivity contribution is 7.13. The zero-order valence-corrected chi connectivity index (χ0v) is 20.0. The van der Waals surface area contributed by atoms with E-state index in [1.165, 1.54) is 11.3 Å². The Morgan fingerprint density at radius 3 is 2.68 bits per heavy atom. The third kappa shape index (κ3) is 4.10. The lowest BCUT2D eigenvalue weighted by atomic mass is 9.84. The molecule has 1 saturated heterocycles. The highest BCUT2D eigenvalue weighted by Gasteiger charge is 2.37. The third-order valence-electron chi connectivity index (χ3n) is 6.80. The van der Waals surface area contributed by atoms with E-state index < -0.39 is 5.54 Å². The molecule has 8 heteroatoms. The lowest BCUT2D eigenvalue weighted by molar-refractivity contribution is -0.123. The number of nitrogens with zero attached hydrogens (tertiary/aromatic N) is 2. The van der Waals surface area contributed by atoms with Crippen LogP contribution in [0.5, 0.6) is 0 Å². The average Bonchev–Trinajstić information content (AvgIpc) is 3.54. The van der Waals surface area contributed by atoms with E-state index in [0.717, 1.165) is 58.8 Å². The van der Waals surface area contributed by atoms with Crippen molar-refractivity contribution in [2.75, 3.05) is 30.4 Å². The van der Waals surface area contributed by atoms with Crippen molar-refractivity contribution in [1.82, 2.24) is 15.3 Å². The number of benzene rings is 2. The van der Waals surface area contributed by atoms with E-state index >= 15 is 0 Å². The number of likely N-dealkylation sites (N-methyl/N-ethyl adjacent to an activating group) is 1. The van der Waals surface area contributed by atoms with Gasteiger partial charge in [-0.2, -0.15) is 0 Å². The number of carbonyl (C=O) groups is 2. The van der Waals surface area contributed by atoms with Crippen molar-refractivity contribution in [3.8, 4) is 10.6 Å². The fraction of sp³-hybridized carbons (Fsp3) is 0.269. The molecule has 0 aliphatic carbocycles. The van der Waals surface area contributed by atoms with Gasteiger partial charge >= 0.3 is 0 Å². The fourth-order valence-corrected chi connectivity index (χ4v) is 5.44. The maximum atomic E-state index is 13.1. The Balaban J connectivity index is 1.32. The summed E-state index contributed by atoms with van der Waals surface area (Å²) in [6.45, 7) is 3.12. The van der Waals surface area contributed by atoms with E-state index in [9.17, 15) is 9.59 Å². The predicted molar refractivity (Wildman–Crippen MR) is 138 cm³/mol. The van der Waals surface area contributed by atoms with E-state index in [4.69, 9.17) is 0 Å². The van der Waals surface area contributed by atoms with Crippen LogP contribution in [-0.2, 0) is 4.79 Å². The van der Waals surface area contributed by atoms with Crippen LogP contribution in [-0.4, -0.2) is 47.3 Å². The minimum absolute atomic E-state index is 0.172. The molecule has 34 heavy (non-hydrogen) atoms. The van der Waals surface area contributed by atoms with Gasteiger partial charge in [0.25, 0.3) is 5.91 Å². The number of piperidine rings is 1. The third-order valence-corrected chi connectivity index (χ3v) is 7.69. The lowest BCUT2D eigenvalue weighted by Crippen LogP contribution is -2.56. The van der Waals surface area contributed by atoms with Crippen molar-refractivity contribution < 1.29 is 9.59 Å². The number of para-hydroxylation sites is 2. The Kier molecular flexibility index (Phi) is 5.93. The molecule has 0 atom stereocenters. The van der Waals surface area contributed by atoms with Gasteiger partial charge < -0.3 is 20.5 Å². The molecule has 0 unspecified atom stereocenters. The first-order chi connectivity index (χ1) is 16.5. The monoisotopic (exact) mass is 473 g/mol. The number of ketones is 1. The maximum absolute atomic E-state index is 13.1. The number of nitrogens with one attached hydrogen (secondary N) is 3. The summed E-state index contributed by atoms with van der Waals surface area (Å²) in [5, 5.41) is 9.99. The maximum Gasteiger partial charge on any atom is 0.275 e. The van der Waals surface area contributed by atoms with Gasteiger partial charge in [-0.25, -0.2) is 4.98 Å². The molecule has 2 aromatic carbocycles. The van der Waals surface area contributed by atoms with E-state index in [-0.39, 0.29) is 11.7 Å². The number of anilines is 2. The smallest absolute Gasteiger partial charge is 0.275 e. The first-order valence-electron chi connectivity index (χ1n) is 11.4. The number of aromatic nitrogens is 2. The Bertz CT molecular complexity index is 1350. The number of rotatable bonds is 6. The number of fused-ring (bicyclic) bond motifs is 1. The second-order valence-electron chi connectivity index (χ2n) is 8.66. The summed E-state index contributed by atoms with van der Waals surface area (Å²) in [7, 11) is 1.85. The van der Waals surface area contributed by atoms with Crippen LogP contribution in [0.1, 0.15) is 30.3 Å². The molecule has 174 valence electrons. The van der Waals surface area contributed by atoms with E-state index in [0.29, 0.717) is 5.69 Å². The van der Waals surface area contributed by atoms with E-state index in [1.807, 2.05) is 55.7 Å². The molecule has 5 rings (SSSR count). The number of hydrogen-bond donors (Lipinski definition) is 3. The quantitative estimate of drug-likeness (QED) is 0.378. The number of carbonyl (C=O) groups excluding carboxylic acids is 2.